The standard InChI is InChI=1S/C6H11N2.C5H12FO5P/c1-3-8-5-4-7(2)6-8;1-9-2-3-10-4-5-11-12(6,7)8/h4-6H,3H2,1-2H3;2-5H2,1H3,(H,7,8)/q+1;/p-1. The fourth-order valence-corrected chi connectivity index (χ4v) is 1.43. The van der Waals surface area contributed by atoms with Crippen molar-refractivity contribution in [3.8, 4) is 0 Å². The maximum absolute atomic E-state index is 11.7. The van der Waals surface area contributed by atoms with E-state index in [0.717, 1.165) is 6.54 Å². The maximum Gasteiger partial charge on any atom is 0.307 e. The molecular weight excluding hydrogens is 290 g/mol. The second-order valence-corrected chi connectivity index (χ2v) is 4.90. The molecule has 0 saturated heterocycles. The van der Waals surface area contributed by atoms with Gasteiger partial charge in [0.05, 0.1) is 40.0 Å². The Labute approximate surface area is 118 Å². The Morgan fingerprint density at radius 2 is 2.00 bits per heavy atom. The quantitative estimate of drug-likeness (QED) is 0.395. The van der Waals surface area contributed by atoms with Crippen LogP contribution in [0.1, 0.15) is 6.92 Å². The van der Waals surface area contributed by atoms with Crippen LogP contribution >= 0.6 is 7.91 Å². The molecule has 0 saturated carbocycles. The summed E-state index contributed by atoms with van der Waals surface area (Å²) < 4.78 is 38.8. The number of rotatable bonds is 8. The maximum atomic E-state index is 11.7. The lowest BCUT2D eigenvalue weighted by molar-refractivity contribution is -0.693. The zero-order valence-electron chi connectivity index (χ0n) is 12.0. The summed E-state index contributed by atoms with van der Waals surface area (Å²) in [4.78, 5) is 9.78. The molecule has 1 heterocycles. The summed E-state index contributed by atoms with van der Waals surface area (Å²) in [5, 5.41) is 0. The van der Waals surface area contributed by atoms with Crippen molar-refractivity contribution in [3.63, 3.8) is 0 Å². The summed E-state index contributed by atoms with van der Waals surface area (Å²) in [6.07, 6.45) is 6.14. The van der Waals surface area contributed by atoms with Crippen molar-refractivity contribution in [2.75, 3.05) is 33.5 Å². The van der Waals surface area contributed by atoms with Crippen molar-refractivity contribution in [2.24, 2.45) is 7.05 Å². The van der Waals surface area contributed by atoms with Crippen molar-refractivity contribution in [3.05, 3.63) is 18.7 Å². The normalized spacial score (nSPS) is 13.4. The van der Waals surface area contributed by atoms with Gasteiger partial charge in [-0.1, -0.05) is 0 Å². The van der Waals surface area contributed by atoms with E-state index >= 15 is 0 Å². The van der Waals surface area contributed by atoms with Crippen molar-refractivity contribution < 1.29 is 32.2 Å². The van der Waals surface area contributed by atoms with Gasteiger partial charge in [-0.3, -0.25) is 4.57 Å². The highest BCUT2D eigenvalue weighted by atomic mass is 31.2. The van der Waals surface area contributed by atoms with E-state index < -0.39 is 7.91 Å². The first kappa shape index (κ1) is 19.2. The van der Waals surface area contributed by atoms with Gasteiger partial charge in [0, 0.05) is 7.11 Å². The van der Waals surface area contributed by atoms with Crippen LogP contribution in [0.2, 0.25) is 0 Å². The van der Waals surface area contributed by atoms with Crippen LogP contribution in [0.4, 0.5) is 4.20 Å². The van der Waals surface area contributed by atoms with Crippen LogP contribution in [0.15, 0.2) is 18.7 Å². The van der Waals surface area contributed by atoms with Crippen molar-refractivity contribution in [2.45, 2.75) is 13.5 Å². The van der Waals surface area contributed by atoms with Crippen LogP contribution in [0, 0.1) is 0 Å². The minimum absolute atomic E-state index is 0.0273. The van der Waals surface area contributed by atoms with Gasteiger partial charge >= 0.3 is 7.91 Å². The molecule has 0 aliphatic rings. The van der Waals surface area contributed by atoms with E-state index in [-0.39, 0.29) is 13.2 Å². The molecule has 0 radical (unpaired) electrons. The molecule has 0 aliphatic carbocycles. The lowest BCUT2D eigenvalue weighted by Gasteiger charge is -2.12. The van der Waals surface area contributed by atoms with Crippen molar-refractivity contribution in [1.29, 1.82) is 0 Å². The third-order valence-corrected chi connectivity index (χ3v) is 2.58. The van der Waals surface area contributed by atoms with Gasteiger partial charge < -0.3 is 18.9 Å². The molecule has 7 nitrogen and oxygen atoms in total. The minimum Gasteiger partial charge on any atom is -0.753 e. The van der Waals surface area contributed by atoms with Gasteiger partial charge in [0.1, 0.15) is 12.4 Å². The first-order chi connectivity index (χ1) is 9.39. The Hall–Kier alpha value is -0.790. The second kappa shape index (κ2) is 10.9. The predicted molar refractivity (Wildman–Crippen MR) is 68.6 cm³/mol. The summed E-state index contributed by atoms with van der Waals surface area (Å²) in [7, 11) is -1.56. The molecule has 1 rings (SSSR count). The Kier molecular flexibility index (Phi) is 10.5. The van der Waals surface area contributed by atoms with Crippen LogP contribution < -0.4 is 9.46 Å². The Morgan fingerprint density at radius 1 is 1.35 bits per heavy atom. The third kappa shape index (κ3) is 12.3. The molecule has 9 heteroatoms. The van der Waals surface area contributed by atoms with Gasteiger partial charge in [0.15, 0.2) is 0 Å². The lowest BCUT2D eigenvalue weighted by atomic mass is 10.7. The first-order valence-electron chi connectivity index (χ1n) is 6.12. The molecule has 1 unspecified atom stereocenters. The molecule has 0 N–H and O–H groups in total. The summed E-state index contributed by atoms with van der Waals surface area (Å²) in [6.45, 7) is 3.64. The number of halogens is 1. The number of aryl methyl sites for hydroxylation is 2. The highest BCUT2D eigenvalue weighted by Gasteiger charge is 2.02. The molecule has 0 amide bonds. The molecule has 0 aromatic carbocycles. The lowest BCUT2D eigenvalue weighted by Crippen LogP contribution is -2.28. The molecule has 0 bridgehead atoms. The average molecular weight is 312 g/mol. The first-order valence-corrected chi connectivity index (χ1v) is 7.55. The highest BCUT2D eigenvalue weighted by molar-refractivity contribution is 7.45. The van der Waals surface area contributed by atoms with E-state index in [9.17, 15) is 13.7 Å². The number of hydrogen-bond donors (Lipinski definition) is 0. The monoisotopic (exact) mass is 312 g/mol. The summed E-state index contributed by atoms with van der Waals surface area (Å²) in [6, 6.07) is 0. The van der Waals surface area contributed by atoms with Gasteiger partial charge in [-0.2, -0.15) is 4.20 Å². The molecular formula is C11H22FN2O5P. The number of ether oxygens (including phenoxy) is 2. The fourth-order valence-electron chi connectivity index (χ4n) is 1.14. The highest BCUT2D eigenvalue weighted by Crippen LogP contribution is 2.37. The topological polar surface area (TPSA) is 76.6 Å². The minimum atomic E-state index is -5.08. The van der Waals surface area contributed by atoms with Crippen LogP contribution in [-0.4, -0.2) is 38.1 Å². The van der Waals surface area contributed by atoms with Crippen LogP contribution in [-0.2, 0) is 32.2 Å². The molecule has 0 spiro atoms. The average Bonchev–Trinajstić information content (AvgIpc) is 2.79. The Balaban J connectivity index is 0.000000388. The number of nitrogens with zero attached hydrogens (tertiary/aromatic N) is 2. The van der Waals surface area contributed by atoms with Gasteiger partial charge in [0.25, 0.3) is 0 Å². The van der Waals surface area contributed by atoms with Gasteiger partial charge in [-0.15, -0.1) is 0 Å². The zero-order valence-corrected chi connectivity index (χ0v) is 12.9. The number of imidazole rings is 1. The molecule has 1 atom stereocenters. The number of aromatic nitrogens is 2. The third-order valence-electron chi connectivity index (χ3n) is 2.09. The summed E-state index contributed by atoms with van der Waals surface area (Å²) in [5.74, 6) is 0. The van der Waals surface area contributed by atoms with Crippen LogP contribution in [0.3, 0.4) is 0 Å². The van der Waals surface area contributed by atoms with E-state index in [1.165, 1.54) is 7.11 Å². The van der Waals surface area contributed by atoms with Gasteiger partial charge in [0.2, 0.25) is 6.33 Å². The van der Waals surface area contributed by atoms with Crippen LogP contribution in [0.5, 0.6) is 0 Å². The van der Waals surface area contributed by atoms with E-state index in [0.29, 0.717) is 13.2 Å². The van der Waals surface area contributed by atoms with Crippen LogP contribution in [0.25, 0.3) is 0 Å². The molecule has 1 aromatic heterocycles. The smallest absolute Gasteiger partial charge is 0.307 e. The summed E-state index contributed by atoms with van der Waals surface area (Å²) >= 11 is 0. The van der Waals surface area contributed by atoms with E-state index in [4.69, 9.17) is 4.74 Å². The van der Waals surface area contributed by atoms with Crippen molar-refractivity contribution in [1.82, 2.24) is 4.57 Å². The SMILES string of the molecule is CC[n+]1ccn(C)c1.COCCOCCOP(=O)([O-])F. The number of hydrogen-bond acceptors (Lipinski definition) is 5. The fraction of sp³-hybridized carbons (Fsp3) is 0.727. The largest absolute Gasteiger partial charge is 0.753 e. The predicted octanol–water partition coefficient (Wildman–Crippen LogP) is 0.436. The van der Waals surface area contributed by atoms with E-state index in [2.05, 4.69) is 33.3 Å². The second-order valence-electron chi connectivity index (χ2n) is 3.78. The summed E-state index contributed by atoms with van der Waals surface area (Å²) in [5.41, 5.74) is 0. The molecule has 20 heavy (non-hydrogen) atoms. The molecule has 118 valence electrons. The molecule has 0 fully saturated rings. The Morgan fingerprint density at radius 3 is 2.40 bits per heavy atom. The van der Waals surface area contributed by atoms with E-state index in [1.807, 2.05) is 17.8 Å². The van der Waals surface area contributed by atoms with Crippen molar-refractivity contribution >= 4 is 7.91 Å². The zero-order chi connectivity index (χ0) is 15.4. The molecule has 0 aliphatic heterocycles. The Bertz CT molecular complexity index is 396. The van der Waals surface area contributed by atoms with Gasteiger partial charge in [-0.05, 0) is 6.92 Å². The van der Waals surface area contributed by atoms with Gasteiger partial charge in [-0.25, -0.2) is 9.13 Å². The molecule has 1 aromatic rings. The van der Waals surface area contributed by atoms with E-state index in [1.54, 1.807) is 0 Å². The number of methoxy groups -OCH3 is 1.